The summed E-state index contributed by atoms with van der Waals surface area (Å²) in [6.45, 7) is 4.40. The van der Waals surface area contributed by atoms with Gasteiger partial charge in [0.1, 0.15) is 5.75 Å². The van der Waals surface area contributed by atoms with Gasteiger partial charge in [-0.05, 0) is 43.9 Å². The molecule has 0 atom stereocenters. The molecule has 1 aliphatic carbocycles. The molecule has 2 aromatic rings. The van der Waals surface area contributed by atoms with Crippen LogP contribution < -0.4 is 15.4 Å². The molecule has 1 aromatic carbocycles. The molecule has 8 heteroatoms. The largest absolute Gasteiger partial charge is 0.483 e. The summed E-state index contributed by atoms with van der Waals surface area (Å²) in [4.78, 5) is 27.8. The van der Waals surface area contributed by atoms with Crippen molar-refractivity contribution in [3.8, 4) is 5.75 Å². The van der Waals surface area contributed by atoms with Gasteiger partial charge < -0.3 is 19.9 Å². The summed E-state index contributed by atoms with van der Waals surface area (Å²) in [5, 5.41) is 9.10. The number of rotatable bonds is 8. The lowest BCUT2D eigenvalue weighted by molar-refractivity contribution is -0.123. The van der Waals surface area contributed by atoms with E-state index in [0.717, 1.165) is 24.0 Å². The van der Waals surface area contributed by atoms with E-state index in [1.165, 1.54) is 0 Å². The Hall–Kier alpha value is -2.90. The monoisotopic (exact) mass is 358 g/mol. The van der Waals surface area contributed by atoms with E-state index in [1.54, 1.807) is 0 Å². The Morgan fingerprint density at radius 1 is 1.23 bits per heavy atom. The molecule has 26 heavy (non-hydrogen) atoms. The lowest BCUT2D eigenvalue weighted by Gasteiger charge is -2.11. The molecular formula is C18H22N4O4. The van der Waals surface area contributed by atoms with Crippen LogP contribution in [0.25, 0.3) is 0 Å². The van der Waals surface area contributed by atoms with Crippen molar-refractivity contribution in [2.45, 2.75) is 32.6 Å². The SMILES string of the molecule is Cc1cccc(OCC(=O)NCCNC(=O)c2nc(C3CC3)no2)c1C. The number of hydrogen-bond acceptors (Lipinski definition) is 6. The molecule has 138 valence electrons. The molecule has 0 aliphatic heterocycles. The summed E-state index contributed by atoms with van der Waals surface area (Å²) in [5.74, 6) is 0.871. The molecule has 1 aromatic heterocycles. The molecule has 0 unspecified atom stereocenters. The number of nitrogens with one attached hydrogen (secondary N) is 2. The second kappa shape index (κ2) is 7.99. The number of amides is 2. The Labute approximate surface area is 151 Å². The van der Waals surface area contributed by atoms with E-state index in [0.29, 0.717) is 17.5 Å². The molecule has 0 spiro atoms. The number of hydrogen-bond donors (Lipinski definition) is 2. The molecule has 1 heterocycles. The van der Waals surface area contributed by atoms with Crippen molar-refractivity contribution < 1.29 is 18.8 Å². The Balaban J connectivity index is 1.34. The molecular weight excluding hydrogens is 336 g/mol. The first kappa shape index (κ1) is 17.9. The first-order valence-electron chi connectivity index (χ1n) is 8.62. The third kappa shape index (κ3) is 4.59. The van der Waals surface area contributed by atoms with Crippen LogP contribution in [0.2, 0.25) is 0 Å². The standard InChI is InChI=1S/C18H22N4O4/c1-11-4-3-5-14(12(11)2)25-10-15(23)19-8-9-20-17(24)18-21-16(22-26-18)13-6-7-13/h3-5,13H,6-10H2,1-2H3,(H,19,23)(H,20,24). The van der Waals surface area contributed by atoms with Gasteiger partial charge in [0.25, 0.3) is 5.91 Å². The fourth-order valence-corrected chi connectivity index (χ4v) is 2.36. The van der Waals surface area contributed by atoms with Crippen LogP contribution in [0.5, 0.6) is 5.75 Å². The maximum absolute atomic E-state index is 11.9. The molecule has 2 amide bonds. The highest BCUT2D eigenvalue weighted by Crippen LogP contribution is 2.38. The summed E-state index contributed by atoms with van der Waals surface area (Å²) < 4.78 is 10.5. The van der Waals surface area contributed by atoms with E-state index in [9.17, 15) is 9.59 Å². The number of nitrogens with zero attached hydrogens (tertiary/aromatic N) is 2. The number of ether oxygens (including phenoxy) is 1. The quantitative estimate of drug-likeness (QED) is 0.693. The highest BCUT2D eigenvalue weighted by molar-refractivity contribution is 5.89. The minimum Gasteiger partial charge on any atom is -0.483 e. The molecule has 8 nitrogen and oxygen atoms in total. The fourth-order valence-electron chi connectivity index (χ4n) is 2.36. The Bertz CT molecular complexity index is 798. The molecule has 1 saturated carbocycles. The third-order valence-corrected chi connectivity index (χ3v) is 4.22. The highest BCUT2D eigenvalue weighted by atomic mass is 16.5. The average Bonchev–Trinajstić information content (AvgIpc) is 3.36. The average molecular weight is 358 g/mol. The number of benzene rings is 1. The molecule has 2 N–H and O–H groups in total. The zero-order valence-electron chi connectivity index (χ0n) is 14.9. The molecule has 0 bridgehead atoms. The normalized spacial score (nSPS) is 13.3. The zero-order chi connectivity index (χ0) is 18.5. The highest BCUT2D eigenvalue weighted by Gasteiger charge is 2.29. The number of aryl methyl sites for hydroxylation is 1. The third-order valence-electron chi connectivity index (χ3n) is 4.22. The summed E-state index contributed by atoms with van der Waals surface area (Å²) >= 11 is 0. The number of carbonyl (C=O) groups excluding carboxylic acids is 2. The molecule has 0 radical (unpaired) electrons. The minimum atomic E-state index is -0.440. The van der Waals surface area contributed by atoms with E-state index in [-0.39, 0.29) is 31.5 Å². The minimum absolute atomic E-state index is 0.0449. The molecule has 1 aliphatic rings. The van der Waals surface area contributed by atoms with Crippen LogP contribution in [-0.4, -0.2) is 41.7 Å². The van der Waals surface area contributed by atoms with E-state index in [4.69, 9.17) is 9.26 Å². The lowest BCUT2D eigenvalue weighted by Crippen LogP contribution is -2.36. The first-order chi connectivity index (χ1) is 12.5. The van der Waals surface area contributed by atoms with Crippen LogP contribution in [0, 0.1) is 13.8 Å². The van der Waals surface area contributed by atoms with E-state index in [2.05, 4.69) is 20.8 Å². The summed E-state index contributed by atoms with van der Waals surface area (Å²) in [7, 11) is 0. The molecule has 1 fully saturated rings. The Kier molecular flexibility index (Phi) is 5.50. The van der Waals surface area contributed by atoms with Crippen LogP contribution in [0.3, 0.4) is 0 Å². The smallest absolute Gasteiger partial charge is 0.315 e. The van der Waals surface area contributed by atoms with Gasteiger partial charge in [0.2, 0.25) is 0 Å². The van der Waals surface area contributed by atoms with Crippen molar-refractivity contribution in [1.29, 1.82) is 0 Å². The van der Waals surface area contributed by atoms with Gasteiger partial charge in [-0.2, -0.15) is 4.98 Å². The van der Waals surface area contributed by atoms with Crippen molar-refractivity contribution in [2.75, 3.05) is 19.7 Å². The predicted octanol–water partition coefficient (Wildman–Crippen LogP) is 1.49. The van der Waals surface area contributed by atoms with Crippen molar-refractivity contribution in [2.24, 2.45) is 0 Å². The van der Waals surface area contributed by atoms with Crippen LogP contribution in [0.1, 0.15) is 46.4 Å². The summed E-state index contributed by atoms with van der Waals surface area (Å²) in [5.41, 5.74) is 2.12. The van der Waals surface area contributed by atoms with Gasteiger partial charge in [-0.1, -0.05) is 17.3 Å². The van der Waals surface area contributed by atoms with Crippen molar-refractivity contribution in [1.82, 2.24) is 20.8 Å². The van der Waals surface area contributed by atoms with Crippen LogP contribution >= 0.6 is 0 Å². The zero-order valence-corrected chi connectivity index (χ0v) is 14.9. The number of aromatic nitrogens is 2. The van der Waals surface area contributed by atoms with Gasteiger partial charge in [-0.15, -0.1) is 0 Å². The lowest BCUT2D eigenvalue weighted by atomic mass is 10.1. The van der Waals surface area contributed by atoms with Gasteiger partial charge in [0.15, 0.2) is 12.4 Å². The topological polar surface area (TPSA) is 106 Å². The summed E-state index contributed by atoms with van der Waals surface area (Å²) in [6.07, 6.45) is 2.08. The van der Waals surface area contributed by atoms with Gasteiger partial charge in [-0.3, -0.25) is 9.59 Å². The summed E-state index contributed by atoms with van der Waals surface area (Å²) in [6, 6.07) is 5.70. The maximum atomic E-state index is 11.9. The molecule has 0 saturated heterocycles. The van der Waals surface area contributed by atoms with Crippen molar-refractivity contribution >= 4 is 11.8 Å². The van der Waals surface area contributed by atoms with Crippen LogP contribution in [-0.2, 0) is 4.79 Å². The first-order valence-corrected chi connectivity index (χ1v) is 8.62. The van der Waals surface area contributed by atoms with Gasteiger partial charge in [0.05, 0.1) is 0 Å². The Morgan fingerprint density at radius 3 is 2.77 bits per heavy atom. The van der Waals surface area contributed by atoms with Crippen LogP contribution in [0.15, 0.2) is 22.7 Å². The molecule has 3 rings (SSSR count). The van der Waals surface area contributed by atoms with E-state index >= 15 is 0 Å². The predicted molar refractivity (Wildman–Crippen MR) is 93.0 cm³/mol. The van der Waals surface area contributed by atoms with E-state index < -0.39 is 5.91 Å². The van der Waals surface area contributed by atoms with E-state index in [1.807, 2.05) is 32.0 Å². The van der Waals surface area contributed by atoms with Gasteiger partial charge >= 0.3 is 11.8 Å². The van der Waals surface area contributed by atoms with Gasteiger partial charge in [-0.25, -0.2) is 0 Å². The van der Waals surface area contributed by atoms with Crippen molar-refractivity contribution in [3.05, 3.63) is 41.0 Å². The van der Waals surface area contributed by atoms with Crippen LogP contribution in [0.4, 0.5) is 0 Å². The second-order valence-electron chi connectivity index (χ2n) is 6.32. The second-order valence-corrected chi connectivity index (χ2v) is 6.32. The van der Waals surface area contributed by atoms with Gasteiger partial charge in [0, 0.05) is 19.0 Å². The maximum Gasteiger partial charge on any atom is 0.315 e. The number of carbonyl (C=O) groups is 2. The Morgan fingerprint density at radius 2 is 2.00 bits per heavy atom. The fraction of sp³-hybridized carbons (Fsp3) is 0.444. The van der Waals surface area contributed by atoms with Crippen molar-refractivity contribution in [3.63, 3.8) is 0 Å².